The van der Waals surface area contributed by atoms with Gasteiger partial charge in [0.2, 0.25) is 0 Å². The lowest BCUT2D eigenvalue weighted by Crippen LogP contribution is -2.22. The van der Waals surface area contributed by atoms with Crippen LogP contribution in [0.15, 0.2) is 55.2 Å². The van der Waals surface area contributed by atoms with Crippen molar-refractivity contribution in [2.75, 3.05) is 0 Å². The molecule has 2 aromatic rings. The van der Waals surface area contributed by atoms with Gasteiger partial charge < -0.3 is 0 Å². The number of carbonyl (C=O) groups is 2. The van der Waals surface area contributed by atoms with Crippen LogP contribution in [0.3, 0.4) is 0 Å². The largest absolute Gasteiger partial charge is 0.289 e. The second kappa shape index (κ2) is 6.48. The van der Waals surface area contributed by atoms with Crippen LogP contribution in [0.1, 0.15) is 31.8 Å². The van der Waals surface area contributed by atoms with E-state index in [-0.39, 0.29) is 22.3 Å². The van der Waals surface area contributed by atoms with Gasteiger partial charge >= 0.3 is 0 Å². The first kappa shape index (κ1) is 19.1. The average Bonchev–Trinajstić information content (AvgIpc) is 2.65. The second-order valence-corrected chi connectivity index (χ2v) is 8.54. The van der Waals surface area contributed by atoms with Crippen LogP contribution < -0.4 is 0 Å². The summed E-state index contributed by atoms with van der Waals surface area (Å²) in [6.07, 6.45) is 0. The lowest BCUT2D eigenvalue weighted by atomic mass is 9.84. The smallest absolute Gasteiger partial charge is 0.264 e. The number of sulfonamides is 2. The van der Waals surface area contributed by atoms with Crippen molar-refractivity contribution in [2.45, 2.75) is 9.79 Å². The number of fused-ring (bicyclic) bond motifs is 2. The molecule has 0 unspecified atom stereocenters. The molecule has 0 spiro atoms. The predicted molar refractivity (Wildman–Crippen MR) is 92.4 cm³/mol. The van der Waals surface area contributed by atoms with Crippen molar-refractivity contribution in [3.63, 3.8) is 0 Å². The molecule has 12 nitrogen and oxygen atoms in total. The topological polar surface area (TPSA) is 200 Å². The molecule has 0 aromatic heterocycles. The van der Waals surface area contributed by atoms with Crippen LogP contribution in [0.4, 0.5) is 0 Å². The van der Waals surface area contributed by atoms with E-state index in [1.165, 1.54) is 0 Å². The Balaban J connectivity index is 2.21. The van der Waals surface area contributed by atoms with Crippen molar-refractivity contribution in [3.05, 3.63) is 79.5 Å². The van der Waals surface area contributed by atoms with Crippen molar-refractivity contribution in [1.29, 1.82) is 0 Å². The third-order valence-corrected chi connectivity index (χ3v) is 6.12. The quantitative estimate of drug-likeness (QED) is 0.353. The van der Waals surface area contributed by atoms with E-state index < -0.39 is 41.4 Å². The molecule has 0 bridgehead atoms. The fourth-order valence-corrected chi connectivity index (χ4v) is 4.01. The zero-order chi connectivity index (χ0) is 20.7. The van der Waals surface area contributed by atoms with Gasteiger partial charge in [0.25, 0.3) is 20.0 Å². The van der Waals surface area contributed by atoms with Crippen molar-refractivity contribution < 1.29 is 26.4 Å². The highest BCUT2D eigenvalue weighted by Crippen LogP contribution is 2.31. The van der Waals surface area contributed by atoms with Crippen molar-refractivity contribution in [1.82, 2.24) is 0 Å². The molecule has 1 aliphatic rings. The third-order valence-electron chi connectivity index (χ3n) is 3.84. The molecule has 0 radical (unpaired) electrons. The molecule has 0 aliphatic heterocycles. The Morgan fingerprint density at radius 1 is 0.643 bits per heavy atom. The number of ketones is 2. The van der Waals surface area contributed by atoms with Gasteiger partial charge in [-0.3, -0.25) is 9.59 Å². The Bertz CT molecular complexity index is 1280. The van der Waals surface area contributed by atoms with E-state index >= 15 is 0 Å². The Morgan fingerprint density at radius 3 is 1.32 bits per heavy atom. The first-order valence-electron chi connectivity index (χ1n) is 7.12. The third kappa shape index (κ3) is 2.98. The SMILES string of the molecule is [N-]=[N+]=NS(=O)(=O)c1ccc2c(c1)C(=O)c1ccc(S(=O)(=O)N=[N+]=[N-])cc1C2=O. The summed E-state index contributed by atoms with van der Waals surface area (Å²) < 4.78 is 52.7. The number of hydrogen-bond acceptors (Lipinski definition) is 6. The average molecular weight is 418 g/mol. The summed E-state index contributed by atoms with van der Waals surface area (Å²) in [4.78, 5) is 28.9. The summed E-state index contributed by atoms with van der Waals surface area (Å²) in [5, 5.41) is 0. The molecular formula is C14H6N6O6S2. The number of benzene rings is 2. The summed E-state index contributed by atoms with van der Waals surface area (Å²) >= 11 is 0. The zero-order valence-electron chi connectivity index (χ0n) is 13.4. The number of azide groups is 2. The van der Waals surface area contributed by atoms with Gasteiger partial charge in [-0.1, -0.05) is 0 Å². The van der Waals surface area contributed by atoms with Crippen LogP contribution in [0, 0.1) is 0 Å². The summed E-state index contributed by atoms with van der Waals surface area (Å²) in [6.45, 7) is 0. The number of carbonyl (C=O) groups excluding carboxylic acids is 2. The lowest BCUT2D eigenvalue weighted by Gasteiger charge is -2.18. The molecule has 14 heteroatoms. The molecule has 2 aromatic carbocycles. The minimum absolute atomic E-state index is 0.157. The summed E-state index contributed by atoms with van der Waals surface area (Å²) in [6, 6.07) is 5.92. The summed E-state index contributed by atoms with van der Waals surface area (Å²) in [5.74, 6) is -1.45. The van der Waals surface area contributed by atoms with E-state index in [1.807, 2.05) is 0 Å². The molecule has 0 N–H and O–H groups in total. The summed E-state index contributed by atoms with van der Waals surface area (Å²) in [7, 11) is -8.75. The molecule has 0 saturated heterocycles. The van der Waals surface area contributed by atoms with Gasteiger partial charge in [0.1, 0.15) is 0 Å². The van der Waals surface area contributed by atoms with Gasteiger partial charge in [0.05, 0.1) is 9.79 Å². The van der Waals surface area contributed by atoms with E-state index in [9.17, 15) is 26.4 Å². The van der Waals surface area contributed by atoms with Gasteiger partial charge in [-0.25, -0.2) is 16.8 Å². The normalized spacial score (nSPS) is 13.0. The van der Waals surface area contributed by atoms with Gasteiger partial charge in [-0.05, 0) is 47.5 Å². The van der Waals surface area contributed by atoms with Gasteiger partial charge in [-0.15, -0.1) is 0 Å². The highest BCUT2D eigenvalue weighted by molar-refractivity contribution is 7.90. The Morgan fingerprint density at radius 2 is 1.00 bits per heavy atom. The fraction of sp³-hybridized carbons (Fsp3) is 0. The molecule has 140 valence electrons. The van der Waals surface area contributed by atoms with Gasteiger partial charge in [0.15, 0.2) is 11.6 Å². The monoisotopic (exact) mass is 418 g/mol. The summed E-state index contributed by atoms with van der Waals surface area (Å²) in [5.41, 5.74) is 15.9. The van der Waals surface area contributed by atoms with Crippen LogP contribution in [0.2, 0.25) is 0 Å². The minimum atomic E-state index is -4.38. The first-order valence-corrected chi connectivity index (χ1v) is 10.0. The Kier molecular flexibility index (Phi) is 4.41. The minimum Gasteiger partial charge on any atom is -0.289 e. The molecule has 0 heterocycles. The molecule has 3 rings (SSSR count). The van der Waals surface area contributed by atoms with Crippen LogP contribution in [-0.4, -0.2) is 28.4 Å². The van der Waals surface area contributed by atoms with Gasteiger partial charge in [0, 0.05) is 41.1 Å². The molecule has 28 heavy (non-hydrogen) atoms. The molecular weight excluding hydrogens is 412 g/mol. The predicted octanol–water partition coefficient (Wildman–Crippen LogP) is 2.46. The van der Waals surface area contributed by atoms with E-state index in [0.29, 0.717) is 0 Å². The maximum Gasteiger partial charge on any atom is 0.264 e. The standard InChI is InChI=1S/C14H6N6O6S2/c15-17-19-27(23,24)7-1-3-9-11(5-7)14(22)10-4-2-8(6-12(10)13(9)21)28(25,26)20-18-16/h1-6H. The molecule has 1 aliphatic carbocycles. The second-order valence-electron chi connectivity index (χ2n) is 5.37. The van der Waals surface area contributed by atoms with Crippen LogP contribution >= 0.6 is 0 Å². The highest BCUT2D eigenvalue weighted by atomic mass is 32.2. The molecule has 0 fully saturated rings. The first-order chi connectivity index (χ1) is 13.1. The Labute approximate surface area is 156 Å². The Hall–Kier alpha value is -3.70. The maximum absolute atomic E-state index is 12.7. The van der Waals surface area contributed by atoms with Crippen LogP contribution in [0.5, 0.6) is 0 Å². The van der Waals surface area contributed by atoms with Crippen molar-refractivity contribution in [3.8, 4) is 0 Å². The van der Waals surface area contributed by atoms with Crippen molar-refractivity contribution >= 4 is 31.6 Å². The number of rotatable bonds is 4. The van der Waals surface area contributed by atoms with Crippen LogP contribution in [-0.2, 0) is 20.0 Å². The van der Waals surface area contributed by atoms with E-state index in [4.69, 9.17) is 11.1 Å². The lowest BCUT2D eigenvalue weighted by molar-refractivity contribution is 0.0978. The van der Waals surface area contributed by atoms with Crippen molar-refractivity contribution in [2.24, 2.45) is 9.04 Å². The highest BCUT2D eigenvalue weighted by Gasteiger charge is 2.32. The van der Waals surface area contributed by atoms with Gasteiger partial charge in [-0.2, -0.15) is 0 Å². The fourth-order valence-electron chi connectivity index (χ4n) is 2.62. The van der Waals surface area contributed by atoms with Crippen LogP contribution in [0.25, 0.3) is 20.9 Å². The molecule has 0 saturated carbocycles. The number of nitrogens with zero attached hydrogens (tertiary/aromatic N) is 6. The maximum atomic E-state index is 12.7. The molecule has 0 atom stereocenters. The zero-order valence-corrected chi connectivity index (χ0v) is 15.0. The van der Waals surface area contributed by atoms with E-state index in [2.05, 4.69) is 18.9 Å². The van der Waals surface area contributed by atoms with E-state index in [1.54, 1.807) is 0 Å². The van der Waals surface area contributed by atoms with E-state index in [0.717, 1.165) is 36.4 Å². The number of hydrogen-bond donors (Lipinski definition) is 0. The molecule has 0 amide bonds.